The van der Waals surface area contributed by atoms with Crippen LogP contribution in [0.5, 0.6) is 5.75 Å². The first kappa shape index (κ1) is 13.1. The number of anilines is 1. The smallest absolute Gasteiger partial charge is 0.195 e. The van der Waals surface area contributed by atoms with Crippen LogP contribution in [0.2, 0.25) is 0 Å². The van der Waals surface area contributed by atoms with E-state index in [2.05, 4.69) is 0 Å². The molecule has 2 rings (SSSR count). The number of carbonyl (C=O) groups is 1. The Bertz CT molecular complexity index is 605. The summed E-state index contributed by atoms with van der Waals surface area (Å²) >= 11 is 0. The number of aryl methyl sites for hydroxylation is 1. The molecule has 0 unspecified atom stereocenters. The highest BCUT2D eigenvalue weighted by atomic mass is 16.5. The molecule has 2 aromatic rings. The Kier molecular flexibility index (Phi) is 3.85. The molecule has 0 spiro atoms. The summed E-state index contributed by atoms with van der Waals surface area (Å²) in [6.45, 7) is 4.42. The van der Waals surface area contributed by atoms with Crippen LogP contribution in [0.25, 0.3) is 0 Å². The van der Waals surface area contributed by atoms with E-state index in [4.69, 9.17) is 10.5 Å². The normalized spacial score (nSPS) is 10.2. The van der Waals surface area contributed by atoms with Gasteiger partial charge >= 0.3 is 0 Å². The molecule has 0 aliphatic carbocycles. The largest absolute Gasteiger partial charge is 0.494 e. The van der Waals surface area contributed by atoms with Gasteiger partial charge in [0.15, 0.2) is 5.78 Å². The number of hydrogen-bond donors (Lipinski definition) is 1. The monoisotopic (exact) mass is 255 g/mol. The van der Waals surface area contributed by atoms with E-state index < -0.39 is 0 Å². The standard InChI is InChI=1S/C16H17NO2/c1-3-19-13-6-4-5-12(10-13)16(18)14-9-11(2)7-8-15(14)17/h4-10H,3,17H2,1-2H3. The van der Waals surface area contributed by atoms with Crippen LogP contribution < -0.4 is 10.5 Å². The second kappa shape index (κ2) is 5.57. The molecule has 0 radical (unpaired) electrons. The second-order valence-corrected chi connectivity index (χ2v) is 4.38. The van der Waals surface area contributed by atoms with Crippen molar-refractivity contribution in [3.8, 4) is 5.75 Å². The van der Waals surface area contributed by atoms with E-state index in [0.717, 1.165) is 5.56 Å². The fraction of sp³-hybridized carbons (Fsp3) is 0.188. The molecule has 0 atom stereocenters. The number of ketones is 1. The minimum atomic E-state index is -0.0808. The molecule has 0 aromatic heterocycles. The third kappa shape index (κ3) is 2.94. The number of ether oxygens (including phenoxy) is 1. The van der Waals surface area contributed by atoms with E-state index in [1.807, 2.05) is 38.1 Å². The third-order valence-electron chi connectivity index (χ3n) is 2.86. The zero-order valence-electron chi connectivity index (χ0n) is 11.1. The second-order valence-electron chi connectivity index (χ2n) is 4.38. The maximum absolute atomic E-state index is 12.4. The van der Waals surface area contributed by atoms with E-state index in [0.29, 0.717) is 29.2 Å². The average Bonchev–Trinajstić information content (AvgIpc) is 2.41. The van der Waals surface area contributed by atoms with Crippen molar-refractivity contribution in [2.75, 3.05) is 12.3 Å². The Balaban J connectivity index is 2.38. The number of benzene rings is 2. The van der Waals surface area contributed by atoms with Gasteiger partial charge in [0.2, 0.25) is 0 Å². The lowest BCUT2D eigenvalue weighted by atomic mass is 10.00. The van der Waals surface area contributed by atoms with E-state index in [9.17, 15) is 4.79 Å². The van der Waals surface area contributed by atoms with Crippen LogP contribution in [0.4, 0.5) is 5.69 Å². The van der Waals surface area contributed by atoms with Crippen molar-refractivity contribution in [2.24, 2.45) is 0 Å². The van der Waals surface area contributed by atoms with Gasteiger partial charge in [-0.05, 0) is 38.1 Å². The van der Waals surface area contributed by atoms with Gasteiger partial charge in [0.05, 0.1) is 6.61 Å². The summed E-state index contributed by atoms with van der Waals surface area (Å²) in [6, 6.07) is 12.6. The number of rotatable bonds is 4. The van der Waals surface area contributed by atoms with E-state index in [1.165, 1.54) is 0 Å². The Labute approximate surface area is 113 Å². The fourth-order valence-corrected chi connectivity index (χ4v) is 1.92. The molecule has 98 valence electrons. The van der Waals surface area contributed by atoms with Gasteiger partial charge in [0.25, 0.3) is 0 Å². The summed E-state index contributed by atoms with van der Waals surface area (Å²) in [7, 11) is 0. The summed E-state index contributed by atoms with van der Waals surface area (Å²) in [5.74, 6) is 0.613. The SMILES string of the molecule is CCOc1cccc(C(=O)c2cc(C)ccc2N)c1. The van der Waals surface area contributed by atoms with Gasteiger partial charge in [-0.25, -0.2) is 0 Å². The summed E-state index contributed by atoms with van der Waals surface area (Å²) < 4.78 is 5.40. The van der Waals surface area contributed by atoms with Crippen LogP contribution in [0.3, 0.4) is 0 Å². The highest BCUT2D eigenvalue weighted by molar-refractivity contribution is 6.12. The van der Waals surface area contributed by atoms with Crippen LogP contribution in [-0.4, -0.2) is 12.4 Å². The van der Waals surface area contributed by atoms with Crippen molar-refractivity contribution in [3.63, 3.8) is 0 Å². The molecule has 0 aliphatic rings. The highest BCUT2D eigenvalue weighted by Gasteiger charge is 2.13. The van der Waals surface area contributed by atoms with Gasteiger partial charge in [-0.2, -0.15) is 0 Å². The Morgan fingerprint density at radius 1 is 1.21 bits per heavy atom. The highest BCUT2D eigenvalue weighted by Crippen LogP contribution is 2.21. The summed E-state index contributed by atoms with van der Waals surface area (Å²) in [5, 5.41) is 0. The van der Waals surface area contributed by atoms with Crippen molar-refractivity contribution < 1.29 is 9.53 Å². The van der Waals surface area contributed by atoms with Crippen LogP contribution in [0.15, 0.2) is 42.5 Å². The Morgan fingerprint density at radius 3 is 2.74 bits per heavy atom. The lowest BCUT2D eigenvalue weighted by Crippen LogP contribution is -2.06. The predicted molar refractivity (Wildman–Crippen MR) is 76.6 cm³/mol. The molecule has 0 bridgehead atoms. The van der Waals surface area contributed by atoms with E-state index in [1.54, 1.807) is 18.2 Å². The van der Waals surface area contributed by atoms with Crippen LogP contribution in [0.1, 0.15) is 28.4 Å². The van der Waals surface area contributed by atoms with Crippen molar-refractivity contribution in [3.05, 3.63) is 59.2 Å². The molecule has 2 aromatic carbocycles. The quantitative estimate of drug-likeness (QED) is 0.674. The Morgan fingerprint density at radius 2 is 2.00 bits per heavy atom. The molecule has 0 saturated carbocycles. The first-order chi connectivity index (χ1) is 9.11. The number of nitrogen functional groups attached to an aromatic ring is 1. The lowest BCUT2D eigenvalue weighted by molar-refractivity contribution is 0.103. The van der Waals surface area contributed by atoms with E-state index in [-0.39, 0.29) is 5.78 Å². The van der Waals surface area contributed by atoms with Crippen molar-refractivity contribution >= 4 is 11.5 Å². The number of hydrogen-bond acceptors (Lipinski definition) is 3. The van der Waals surface area contributed by atoms with Crippen molar-refractivity contribution in [1.29, 1.82) is 0 Å². The molecule has 19 heavy (non-hydrogen) atoms. The molecule has 0 saturated heterocycles. The van der Waals surface area contributed by atoms with Crippen LogP contribution in [-0.2, 0) is 0 Å². The van der Waals surface area contributed by atoms with Crippen LogP contribution in [0, 0.1) is 6.92 Å². The topological polar surface area (TPSA) is 52.3 Å². The molecule has 3 nitrogen and oxygen atoms in total. The minimum absolute atomic E-state index is 0.0808. The number of nitrogens with two attached hydrogens (primary N) is 1. The fourth-order valence-electron chi connectivity index (χ4n) is 1.92. The molecule has 0 amide bonds. The molecular weight excluding hydrogens is 238 g/mol. The summed E-state index contributed by atoms with van der Waals surface area (Å²) in [6.07, 6.45) is 0. The molecule has 0 aliphatic heterocycles. The average molecular weight is 255 g/mol. The maximum Gasteiger partial charge on any atom is 0.195 e. The first-order valence-corrected chi connectivity index (χ1v) is 6.25. The summed E-state index contributed by atoms with van der Waals surface area (Å²) in [5.41, 5.74) is 8.50. The molecule has 2 N–H and O–H groups in total. The van der Waals surface area contributed by atoms with Gasteiger partial charge in [-0.3, -0.25) is 4.79 Å². The zero-order chi connectivity index (χ0) is 13.8. The van der Waals surface area contributed by atoms with Crippen LogP contribution >= 0.6 is 0 Å². The molecule has 3 heteroatoms. The first-order valence-electron chi connectivity index (χ1n) is 6.25. The maximum atomic E-state index is 12.4. The predicted octanol–water partition coefficient (Wildman–Crippen LogP) is 3.21. The third-order valence-corrected chi connectivity index (χ3v) is 2.86. The van der Waals surface area contributed by atoms with Crippen molar-refractivity contribution in [1.82, 2.24) is 0 Å². The van der Waals surface area contributed by atoms with Gasteiger partial charge in [-0.1, -0.05) is 23.8 Å². The Hall–Kier alpha value is -2.29. The van der Waals surface area contributed by atoms with Gasteiger partial charge in [-0.15, -0.1) is 0 Å². The van der Waals surface area contributed by atoms with Crippen molar-refractivity contribution in [2.45, 2.75) is 13.8 Å². The van der Waals surface area contributed by atoms with Gasteiger partial charge < -0.3 is 10.5 Å². The number of carbonyl (C=O) groups excluding carboxylic acids is 1. The van der Waals surface area contributed by atoms with E-state index >= 15 is 0 Å². The molecular formula is C16H17NO2. The lowest BCUT2D eigenvalue weighted by Gasteiger charge is -2.08. The molecule has 0 heterocycles. The molecule has 0 fully saturated rings. The summed E-state index contributed by atoms with van der Waals surface area (Å²) in [4.78, 5) is 12.4. The van der Waals surface area contributed by atoms with Gasteiger partial charge in [0.1, 0.15) is 5.75 Å². The zero-order valence-corrected chi connectivity index (χ0v) is 11.1. The van der Waals surface area contributed by atoms with Gasteiger partial charge in [0, 0.05) is 16.8 Å². The minimum Gasteiger partial charge on any atom is -0.494 e.